The summed E-state index contributed by atoms with van der Waals surface area (Å²) in [5.41, 5.74) is 14.3. The summed E-state index contributed by atoms with van der Waals surface area (Å²) in [5, 5.41) is 9.66. The maximum Gasteiger partial charge on any atom is 0.159 e. The Morgan fingerprint density at radius 2 is 1.00 bits per heavy atom. The minimum Gasteiger partial charge on any atom is -0.483 e. The summed E-state index contributed by atoms with van der Waals surface area (Å²) in [7, 11) is 0. The number of benzene rings is 9. The first kappa shape index (κ1) is 34.7. The van der Waals surface area contributed by atoms with Crippen molar-refractivity contribution in [1.82, 2.24) is 0 Å². The first-order valence-electron chi connectivity index (χ1n) is 20.9. The van der Waals surface area contributed by atoms with Gasteiger partial charge in [-0.3, -0.25) is 0 Å². The highest BCUT2D eigenvalue weighted by molar-refractivity contribution is 6.29. The molecule has 0 bridgehead atoms. The molecule has 60 heavy (non-hydrogen) atoms. The molecule has 9 aromatic carbocycles. The predicted molar refractivity (Wildman–Crippen MR) is 251 cm³/mol. The second-order valence-electron chi connectivity index (χ2n) is 16.6. The molecular weight excluding hydrogens is 733 g/mol. The molecule has 0 saturated heterocycles. The third kappa shape index (κ3) is 4.97. The highest BCUT2D eigenvalue weighted by Gasteiger charge is 2.38. The summed E-state index contributed by atoms with van der Waals surface area (Å²) < 4.78 is 13.8. The Balaban J connectivity index is 1.14. The third-order valence-electron chi connectivity index (χ3n) is 13.0. The lowest BCUT2D eigenvalue weighted by Gasteiger charge is -2.31. The number of nitrogens with zero attached hydrogens (tertiary/aromatic N) is 2. The summed E-state index contributed by atoms with van der Waals surface area (Å²) in [5.74, 6) is 1.14. The second kappa shape index (κ2) is 13.1. The van der Waals surface area contributed by atoms with E-state index < -0.39 is 0 Å². The molecule has 2 unspecified atom stereocenters. The van der Waals surface area contributed by atoms with E-state index in [1.807, 2.05) is 0 Å². The normalized spacial score (nSPS) is 15.8. The smallest absolute Gasteiger partial charge is 0.159 e. The monoisotopic (exact) mass is 774 g/mol. The lowest BCUT2D eigenvalue weighted by molar-refractivity contribution is 0.256. The molecule has 4 nitrogen and oxygen atoms in total. The molecule has 2 heterocycles. The van der Waals surface area contributed by atoms with Gasteiger partial charge in [0.05, 0.1) is 22.7 Å². The number of ether oxygens (including phenoxy) is 1. The summed E-state index contributed by atoms with van der Waals surface area (Å²) in [4.78, 5) is 4.82. The van der Waals surface area contributed by atoms with Crippen LogP contribution in [0, 0.1) is 20.8 Å². The van der Waals surface area contributed by atoms with Crippen molar-refractivity contribution in [3.05, 3.63) is 198 Å². The van der Waals surface area contributed by atoms with Crippen molar-refractivity contribution in [1.29, 1.82) is 0 Å². The van der Waals surface area contributed by atoms with Crippen molar-refractivity contribution in [3.8, 4) is 5.75 Å². The lowest BCUT2D eigenvalue weighted by Crippen LogP contribution is -2.20. The molecule has 288 valence electrons. The zero-order valence-corrected chi connectivity index (χ0v) is 34.0. The van der Waals surface area contributed by atoms with Gasteiger partial charge in [-0.1, -0.05) is 121 Å². The maximum absolute atomic E-state index is 6.96. The number of hydrogen-bond donors (Lipinski definition) is 0. The average Bonchev–Trinajstić information content (AvgIpc) is 3.87. The molecule has 0 saturated carbocycles. The second-order valence-corrected chi connectivity index (χ2v) is 16.6. The van der Waals surface area contributed by atoms with Gasteiger partial charge in [0.25, 0.3) is 0 Å². The van der Waals surface area contributed by atoms with Crippen molar-refractivity contribution in [2.75, 3.05) is 9.80 Å². The van der Waals surface area contributed by atoms with Crippen LogP contribution in [0.3, 0.4) is 0 Å². The average molecular weight is 775 g/mol. The van der Waals surface area contributed by atoms with Crippen LogP contribution in [0.4, 0.5) is 34.1 Å². The van der Waals surface area contributed by atoms with E-state index >= 15 is 0 Å². The van der Waals surface area contributed by atoms with Gasteiger partial charge in [-0.25, -0.2) is 0 Å². The zero-order valence-electron chi connectivity index (χ0n) is 34.0. The molecule has 0 spiro atoms. The number of anilines is 6. The van der Waals surface area contributed by atoms with Crippen molar-refractivity contribution >= 4 is 88.4 Å². The van der Waals surface area contributed by atoms with Gasteiger partial charge >= 0.3 is 0 Å². The van der Waals surface area contributed by atoms with Gasteiger partial charge in [0.2, 0.25) is 0 Å². The molecule has 1 aromatic heterocycles. The van der Waals surface area contributed by atoms with E-state index in [0.29, 0.717) is 0 Å². The maximum atomic E-state index is 6.96. The van der Waals surface area contributed by atoms with Crippen LogP contribution in [-0.2, 0) is 0 Å². The van der Waals surface area contributed by atoms with Crippen LogP contribution in [0.2, 0.25) is 0 Å². The molecule has 0 radical (unpaired) electrons. The minimum atomic E-state index is -0.00439. The van der Waals surface area contributed by atoms with Crippen molar-refractivity contribution in [3.63, 3.8) is 0 Å². The SMILES string of the molecule is CC1=CC=CC2c3cccc(N(c4ccccc4)c4cc(C)c5ccc6c(N(c7ccccc7)c7cccc8c7oc7c(C)cccc78)cc(C)c7ccc4c5c76)c3OC12. The van der Waals surface area contributed by atoms with Crippen LogP contribution >= 0.6 is 0 Å². The van der Waals surface area contributed by atoms with E-state index in [2.05, 4.69) is 207 Å². The molecule has 1 aliphatic heterocycles. The summed E-state index contributed by atoms with van der Waals surface area (Å²) in [6.07, 6.45) is 6.64. The van der Waals surface area contributed by atoms with Gasteiger partial charge in [-0.05, 0) is 120 Å². The summed E-state index contributed by atoms with van der Waals surface area (Å²) in [6.45, 7) is 8.81. The van der Waals surface area contributed by atoms with Gasteiger partial charge in [0.1, 0.15) is 17.4 Å². The molecule has 0 amide bonds. The Morgan fingerprint density at radius 1 is 0.450 bits per heavy atom. The fraction of sp³-hybridized carbons (Fsp3) is 0.107. The molecule has 0 N–H and O–H groups in total. The number of para-hydroxylation sites is 5. The molecule has 10 aromatic rings. The van der Waals surface area contributed by atoms with Crippen molar-refractivity contribution < 1.29 is 9.15 Å². The molecular formula is C56H42N2O2. The van der Waals surface area contributed by atoms with Gasteiger partial charge in [0.15, 0.2) is 5.58 Å². The Labute approximate surface area is 349 Å². The molecule has 2 atom stereocenters. The minimum absolute atomic E-state index is 0.00439. The van der Waals surface area contributed by atoms with Gasteiger partial charge in [0, 0.05) is 44.4 Å². The van der Waals surface area contributed by atoms with Crippen LogP contribution in [0.1, 0.15) is 35.1 Å². The number of rotatable bonds is 6. The van der Waals surface area contributed by atoms with E-state index in [1.165, 1.54) is 54.6 Å². The third-order valence-corrected chi connectivity index (χ3v) is 13.0. The van der Waals surface area contributed by atoms with E-state index in [0.717, 1.165) is 67.4 Å². The first-order chi connectivity index (χ1) is 29.4. The Bertz CT molecular complexity index is 3410. The Kier molecular flexibility index (Phi) is 7.58. The molecule has 12 rings (SSSR count). The van der Waals surface area contributed by atoms with Crippen LogP contribution in [-0.4, -0.2) is 6.10 Å². The van der Waals surface area contributed by atoms with Crippen molar-refractivity contribution in [2.45, 2.75) is 39.7 Å². The predicted octanol–water partition coefficient (Wildman–Crippen LogP) is 15.7. The van der Waals surface area contributed by atoms with Gasteiger partial charge < -0.3 is 19.0 Å². The Hall–Kier alpha value is -7.30. The first-order valence-corrected chi connectivity index (χ1v) is 20.9. The molecule has 4 heteroatoms. The standard InChI is InChI=1S/C56H42N2O2/c1-33-15-11-21-41-43-23-13-25-47(55(43)59-53(33)41)57(37-17-7-5-8-18-37)49-31-35(3)39-28-30-46-50(32-36(4)40-27-29-45(49)51(39)52(40)46)58(38-19-9-6-10-20-38)48-26-14-24-44-42-22-12-16-34(2)54(42)60-56(44)48/h5-32,41,53H,1-4H3. The Morgan fingerprint density at radius 3 is 1.65 bits per heavy atom. The van der Waals surface area contributed by atoms with Gasteiger partial charge in [-0.2, -0.15) is 0 Å². The fourth-order valence-corrected chi connectivity index (χ4v) is 10.2. The topological polar surface area (TPSA) is 28.9 Å². The van der Waals surface area contributed by atoms with Gasteiger partial charge in [-0.15, -0.1) is 0 Å². The number of fused-ring (bicyclic) bond motifs is 6. The van der Waals surface area contributed by atoms with E-state index in [9.17, 15) is 0 Å². The van der Waals surface area contributed by atoms with Crippen LogP contribution < -0.4 is 14.5 Å². The van der Waals surface area contributed by atoms with Crippen LogP contribution in [0.25, 0.3) is 54.3 Å². The van der Waals surface area contributed by atoms with Crippen molar-refractivity contribution in [2.24, 2.45) is 0 Å². The quantitative estimate of drug-likeness (QED) is 0.157. The molecule has 2 aliphatic rings. The zero-order chi connectivity index (χ0) is 40.2. The number of aryl methyl sites for hydroxylation is 3. The highest BCUT2D eigenvalue weighted by atomic mass is 16.5. The van der Waals surface area contributed by atoms with E-state index in [-0.39, 0.29) is 12.0 Å². The lowest BCUT2D eigenvalue weighted by atomic mass is 9.87. The van der Waals surface area contributed by atoms with Crippen LogP contribution in [0.5, 0.6) is 5.75 Å². The van der Waals surface area contributed by atoms with E-state index in [1.54, 1.807) is 0 Å². The number of hydrogen-bond acceptors (Lipinski definition) is 4. The highest BCUT2D eigenvalue weighted by Crippen LogP contribution is 2.54. The molecule has 0 fully saturated rings. The molecule has 1 aliphatic carbocycles. The largest absolute Gasteiger partial charge is 0.483 e. The van der Waals surface area contributed by atoms with E-state index in [4.69, 9.17) is 9.15 Å². The fourth-order valence-electron chi connectivity index (χ4n) is 10.2. The van der Waals surface area contributed by atoms with Crippen LogP contribution in [0.15, 0.2) is 180 Å². The summed E-state index contributed by atoms with van der Waals surface area (Å²) in [6, 6.07) is 55.2. The summed E-state index contributed by atoms with van der Waals surface area (Å²) >= 11 is 0. The number of allylic oxidation sites excluding steroid dienone is 2. The number of furan rings is 1.